The van der Waals surface area contributed by atoms with Crippen LogP contribution in [0, 0.1) is 0 Å². The summed E-state index contributed by atoms with van der Waals surface area (Å²) in [7, 11) is 0. The molecule has 0 aliphatic carbocycles. The van der Waals surface area contributed by atoms with Crippen molar-refractivity contribution in [1.29, 1.82) is 0 Å². The predicted octanol–water partition coefficient (Wildman–Crippen LogP) is 5.16. The van der Waals surface area contributed by atoms with Crippen molar-refractivity contribution in [2.45, 2.75) is 19.9 Å². The molecule has 2 N–H and O–H groups in total. The second-order valence-corrected chi connectivity index (χ2v) is 6.28. The third-order valence-electron chi connectivity index (χ3n) is 4.09. The molecule has 0 aliphatic heterocycles. The van der Waals surface area contributed by atoms with Crippen LogP contribution in [-0.4, -0.2) is 10.9 Å². The van der Waals surface area contributed by atoms with Gasteiger partial charge in [0.2, 0.25) is 0 Å². The highest BCUT2D eigenvalue weighted by Crippen LogP contribution is 2.19. The van der Waals surface area contributed by atoms with E-state index in [1.54, 1.807) is 18.5 Å². The van der Waals surface area contributed by atoms with Crippen LogP contribution in [0.4, 0.5) is 11.4 Å². The average molecular weight is 366 g/mol. The third-order valence-corrected chi connectivity index (χ3v) is 4.46. The van der Waals surface area contributed by atoms with E-state index in [0.29, 0.717) is 17.1 Å². The van der Waals surface area contributed by atoms with Crippen molar-refractivity contribution in [3.8, 4) is 0 Å². The number of hydrogen-bond acceptors (Lipinski definition) is 3. The van der Waals surface area contributed by atoms with Crippen LogP contribution < -0.4 is 10.6 Å². The van der Waals surface area contributed by atoms with Gasteiger partial charge in [0.25, 0.3) is 5.91 Å². The standard InChI is InChI=1S/C21H20ClN3O/c1-2-15-7-4-6-10-20(15)25-21(26)17-11-18(14-23-12-17)24-13-16-8-3-5-9-19(16)22/h3-12,14,24H,2,13H2,1H3,(H,25,26). The summed E-state index contributed by atoms with van der Waals surface area (Å²) in [5, 5.41) is 6.92. The number of nitrogens with zero attached hydrogens (tertiary/aromatic N) is 1. The molecular formula is C21H20ClN3O. The van der Waals surface area contributed by atoms with Crippen LogP contribution in [0.15, 0.2) is 67.0 Å². The molecular weight excluding hydrogens is 346 g/mol. The number of nitrogens with one attached hydrogen (secondary N) is 2. The number of aryl methyl sites for hydroxylation is 1. The zero-order valence-electron chi connectivity index (χ0n) is 14.5. The lowest BCUT2D eigenvalue weighted by Gasteiger charge is -2.11. The van der Waals surface area contributed by atoms with Crippen molar-refractivity contribution in [2.24, 2.45) is 0 Å². The molecule has 0 aliphatic rings. The number of aromatic nitrogens is 1. The molecule has 3 aromatic rings. The molecule has 0 radical (unpaired) electrons. The number of carbonyl (C=O) groups excluding carboxylic acids is 1. The molecule has 3 rings (SSSR count). The average Bonchev–Trinajstić information content (AvgIpc) is 2.68. The number of para-hydroxylation sites is 1. The predicted molar refractivity (Wildman–Crippen MR) is 107 cm³/mol. The van der Waals surface area contributed by atoms with Gasteiger partial charge in [-0.3, -0.25) is 9.78 Å². The van der Waals surface area contributed by atoms with Crippen LogP contribution in [-0.2, 0) is 13.0 Å². The summed E-state index contributed by atoms with van der Waals surface area (Å²) in [4.78, 5) is 16.7. The first-order valence-electron chi connectivity index (χ1n) is 8.49. The Bertz CT molecular complexity index is 911. The smallest absolute Gasteiger partial charge is 0.257 e. The minimum Gasteiger partial charge on any atom is -0.380 e. The minimum absolute atomic E-state index is 0.181. The zero-order valence-corrected chi connectivity index (χ0v) is 15.3. The molecule has 4 nitrogen and oxygen atoms in total. The fourth-order valence-electron chi connectivity index (χ4n) is 2.64. The molecule has 2 aromatic carbocycles. The lowest BCUT2D eigenvalue weighted by Crippen LogP contribution is -2.14. The van der Waals surface area contributed by atoms with Crippen molar-refractivity contribution >= 4 is 28.9 Å². The van der Waals surface area contributed by atoms with E-state index in [0.717, 1.165) is 28.9 Å². The van der Waals surface area contributed by atoms with Gasteiger partial charge in [0.15, 0.2) is 0 Å². The number of benzene rings is 2. The molecule has 5 heteroatoms. The Kier molecular flexibility index (Phi) is 5.87. The number of pyridine rings is 1. The van der Waals surface area contributed by atoms with Gasteiger partial charge in [0.05, 0.1) is 11.3 Å². The normalized spacial score (nSPS) is 10.4. The molecule has 1 heterocycles. The Hall–Kier alpha value is -2.85. The zero-order chi connectivity index (χ0) is 18.4. The van der Waals surface area contributed by atoms with Crippen LogP contribution in [0.3, 0.4) is 0 Å². The monoisotopic (exact) mass is 365 g/mol. The maximum atomic E-state index is 12.6. The number of hydrogen-bond donors (Lipinski definition) is 2. The largest absolute Gasteiger partial charge is 0.380 e. The molecule has 0 saturated heterocycles. The summed E-state index contributed by atoms with van der Waals surface area (Å²) in [5.74, 6) is -0.181. The highest BCUT2D eigenvalue weighted by atomic mass is 35.5. The van der Waals surface area contributed by atoms with Crippen LogP contribution in [0.1, 0.15) is 28.4 Å². The summed E-state index contributed by atoms with van der Waals surface area (Å²) in [5.41, 5.74) is 4.18. The molecule has 0 fully saturated rings. The lowest BCUT2D eigenvalue weighted by atomic mass is 10.1. The second-order valence-electron chi connectivity index (χ2n) is 5.87. The second kappa shape index (κ2) is 8.50. The number of anilines is 2. The van der Waals surface area contributed by atoms with Gasteiger partial charge >= 0.3 is 0 Å². The van der Waals surface area contributed by atoms with E-state index in [9.17, 15) is 4.79 Å². The fourth-order valence-corrected chi connectivity index (χ4v) is 2.85. The maximum absolute atomic E-state index is 12.6. The summed E-state index contributed by atoms with van der Waals surface area (Å²) in [6.07, 6.45) is 4.10. The number of halogens is 1. The molecule has 0 spiro atoms. The first kappa shape index (κ1) is 18.0. The van der Waals surface area contributed by atoms with Gasteiger partial charge < -0.3 is 10.6 Å². The Balaban J connectivity index is 1.70. The number of amides is 1. The van der Waals surface area contributed by atoms with Crippen LogP contribution >= 0.6 is 11.6 Å². The van der Waals surface area contributed by atoms with Gasteiger partial charge in [0.1, 0.15) is 0 Å². The fraction of sp³-hybridized carbons (Fsp3) is 0.143. The molecule has 1 amide bonds. The summed E-state index contributed by atoms with van der Waals surface area (Å²) < 4.78 is 0. The Morgan fingerprint density at radius 3 is 2.54 bits per heavy atom. The van der Waals surface area contributed by atoms with E-state index in [4.69, 9.17) is 11.6 Å². The molecule has 0 saturated carbocycles. The van der Waals surface area contributed by atoms with Crippen molar-refractivity contribution in [3.05, 3.63) is 88.7 Å². The van der Waals surface area contributed by atoms with Crippen molar-refractivity contribution in [3.63, 3.8) is 0 Å². The third kappa shape index (κ3) is 4.41. The molecule has 0 bridgehead atoms. The van der Waals surface area contributed by atoms with E-state index >= 15 is 0 Å². The maximum Gasteiger partial charge on any atom is 0.257 e. The van der Waals surface area contributed by atoms with Gasteiger partial charge in [-0.15, -0.1) is 0 Å². The van der Waals surface area contributed by atoms with Crippen molar-refractivity contribution < 1.29 is 4.79 Å². The topological polar surface area (TPSA) is 54.0 Å². The SMILES string of the molecule is CCc1ccccc1NC(=O)c1cncc(NCc2ccccc2Cl)c1. The van der Waals surface area contributed by atoms with Gasteiger partial charge in [-0.2, -0.15) is 0 Å². The lowest BCUT2D eigenvalue weighted by molar-refractivity contribution is 0.102. The van der Waals surface area contributed by atoms with Gasteiger partial charge in [-0.05, 0) is 35.7 Å². The number of carbonyl (C=O) groups is 1. The van der Waals surface area contributed by atoms with E-state index in [1.165, 1.54) is 0 Å². The summed E-state index contributed by atoms with van der Waals surface area (Å²) in [6, 6.07) is 17.2. The highest BCUT2D eigenvalue weighted by Gasteiger charge is 2.10. The first-order chi connectivity index (χ1) is 12.7. The quantitative estimate of drug-likeness (QED) is 0.634. The van der Waals surface area contributed by atoms with Gasteiger partial charge in [-0.25, -0.2) is 0 Å². The minimum atomic E-state index is -0.181. The van der Waals surface area contributed by atoms with E-state index in [-0.39, 0.29) is 5.91 Å². The van der Waals surface area contributed by atoms with Gasteiger partial charge in [0, 0.05) is 29.6 Å². The van der Waals surface area contributed by atoms with Crippen molar-refractivity contribution in [1.82, 2.24) is 4.98 Å². The summed E-state index contributed by atoms with van der Waals surface area (Å²) in [6.45, 7) is 2.62. The first-order valence-corrected chi connectivity index (χ1v) is 8.86. The van der Waals surface area contributed by atoms with Crippen molar-refractivity contribution in [2.75, 3.05) is 10.6 Å². The molecule has 26 heavy (non-hydrogen) atoms. The van der Waals surface area contributed by atoms with Gasteiger partial charge in [-0.1, -0.05) is 54.9 Å². The number of rotatable bonds is 6. The molecule has 132 valence electrons. The Morgan fingerprint density at radius 1 is 1.04 bits per heavy atom. The summed E-state index contributed by atoms with van der Waals surface area (Å²) >= 11 is 6.17. The van der Waals surface area contributed by atoms with E-state index in [1.807, 2.05) is 48.5 Å². The Labute approximate surface area is 158 Å². The molecule has 0 unspecified atom stereocenters. The highest BCUT2D eigenvalue weighted by molar-refractivity contribution is 6.31. The van der Waals surface area contributed by atoms with E-state index in [2.05, 4.69) is 22.5 Å². The van der Waals surface area contributed by atoms with Crippen LogP contribution in [0.5, 0.6) is 0 Å². The van der Waals surface area contributed by atoms with Crippen LogP contribution in [0.25, 0.3) is 0 Å². The Morgan fingerprint density at radius 2 is 1.77 bits per heavy atom. The molecule has 1 aromatic heterocycles. The van der Waals surface area contributed by atoms with Crippen LogP contribution in [0.2, 0.25) is 5.02 Å². The van der Waals surface area contributed by atoms with E-state index < -0.39 is 0 Å². The molecule has 0 atom stereocenters.